The van der Waals surface area contributed by atoms with E-state index in [4.69, 9.17) is 11.6 Å². The summed E-state index contributed by atoms with van der Waals surface area (Å²) in [5.41, 5.74) is 2.98. The van der Waals surface area contributed by atoms with Gasteiger partial charge in [0.15, 0.2) is 4.73 Å². The predicted octanol–water partition coefficient (Wildman–Crippen LogP) is 4.68. The molecule has 88 valence electrons. The first kappa shape index (κ1) is 12.5. The van der Waals surface area contributed by atoms with Crippen LogP contribution in [0.2, 0.25) is 5.02 Å². The van der Waals surface area contributed by atoms with E-state index in [9.17, 15) is 0 Å². The molecule has 0 atom stereocenters. The number of rotatable bonds is 2. The molecular formula is C13H12BrClN2. The molecule has 1 aromatic heterocycles. The Morgan fingerprint density at radius 2 is 1.76 bits per heavy atom. The molecule has 0 aliphatic carbocycles. The van der Waals surface area contributed by atoms with Gasteiger partial charge in [0.1, 0.15) is 0 Å². The van der Waals surface area contributed by atoms with Crippen LogP contribution in [-0.4, -0.2) is 9.97 Å². The lowest BCUT2D eigenvalue weighted by Crippen LogP contribution is -1.97. The Kier molecular flexibility index (Phi) is 3.79. The molecule has 0 bridgehead atoms. The summed E-state index contributed by atoms with van der Waals surface area (Å²) in [5, 5.41) is 0.728. The SMILES string of the molecule is CC(C)c1cc(-c2ccc(Cl)cc2)nc(Br)n1. The van der Waals surface area contributed by atoms with Crippen molar-refractivity contribution in [1.29, 1.82) is 0 Å². The fraction of sp³-hybridized carbons (Fsp3) is 0.231. The van der Waals surface area contributed by atoms with Gasteiger partial charge in [-0.1, -0.05) is 37.6 Å². The van der Waals surface area contributed by atoms with E-state index < -0.39 is 0 Å². The maximum absolute atomic E-state index is 5.87. The molecule has 2 aromatic rings. The minimum atomic E-state index is 0.375. The second-order valence-electron chi connectivity index (χ2n) is 4.11. The summed E-state index contributed by atoms with van der Waals surface area (Å²) >= 11 is 9.21. The van der Waals surface area contributed by atoms with E-state index in [0.29, 0.717) is 10.7 Å². The zero-order chi connectivity index (χ0) is 12.4. The molecule has 0 N–H and O–H groups in total. The molecule has 0 unspecified atom stereocenters. The van der Waals surface area contributed by atoms with Crippen molar-refractivity contribution in [3.05, 3.63) is 45.8 Å². The summed E-state index contributed by atoms with van der Waals surface area (Å²) in [5.74, 6) is 0.375. The lowest BCUT2D eigenvalue weighted by molar-refractivity contribution is 0.808. The Morgan fingerprint density at radius 1 is 1.12 bits per heavy atom. The van der Waals surface area contributed by atoms with E-state index in [1.807, 2.05) is 30.3 Å². The molecule has 1 aromatic carbocycles. The largest absolute Gasteiger partial charge is 0.227 e. The highest BCUT2D eigenvalue weighted by atomic mass is 79.9. The zero-order valence-electron chi connectivity index (χ0n) is 9.61. The van der Waals surface area contributed by atoms with Crippen LogP contribution in [0.1, 0.15) is 25.5 Å². The first-order valence-corrected chi connectivity index (χ1v) is 6.54. The lowest BCUT2D eigenvalue weighted by Gasteiger charge is -2.08. The summed E-state index contributed by atoms with van der Waals surface area (Å²) in [6, 6.07) is 9.66. The molecule has 0 saturated carbocycles. The van der Waals surface area contributed by atoms with Crippen LogP contribution in [0.25, 0.3) is 11.3 Å². The van der Waals surface area contributed by atoms with Crippen LogP contribution in [0.3, 0.4) is 0 Å². The Morgan fingerprint density at radius 3 is 2.35 bits per heavy atom. The van der Waals surface area contributed by atoms with Crippen molar-refractivity contribution in [2.24, 2.45) is 0 Å². The maximum atomic E-state index is 5.87. The number of nitrogens with zero attached hydrogens (tertiary/aromatic N) is 2. The number of benzene rings is 1. The first-order chi connectivity index (χ1) is 8.06. The van der Waals surface area contributed by atoms with Gasteiger partial charge in [0, 0.05) is 16.3 Å². The molecule has 1 heterocycles. The van der Waals surface area contributed by atoms with E-state index in [1.165, 1.54) is 0 Å². The van der Waals surface area contributed by atoms with Crippen molar-refractivity contribution in [2.45, 2.75) is 19.8 Å². The minimum Gasteiger partial charge on any atom is -0.227 e. The third-order valence-corrected chi connectivity index (χ3v) is 3.06. The minimum absolute atomic E-state index is 0.375. The van der Waals surface area contributed by atoms with Crippen LogP contribution in [0.15, 0.2) is 35.1 Å². The van der Waals surface area contributed by atoms with Crippen LogP contribution < -0.4 is 0 Å². The van der Waals surface area contributed by atoms with Crippen LogP contribution >= 0.6 is 27.5 Å². The van der Waals surface area contributed by atoms with Crippen LogP contribution in [0, 0.1) is 0 Å². The van der Waals surface area contributed by atoms with Gasteiger partial charge in [-0.25, -0.2) is 9.97 Å². The highest BCUT2D eigenvalue weighted by molar-refractivity contribution is 9.10. The number of halogens is 2. The second-order valence-corrected chi connectivity index (χ2v) is 5.25. The highest BCUT2D eigenvalue weighted by Gasteiger charge is 2.07. The highest BCUT2D eigenvalue weighted by Crippen LogP contribution is 2.24. The number of aromatic nitrogens is 2. The molecule has 4 heteroatoms. The van der Waals surface area contributed by atoms with Gasteiger partial charge >= 0.3 is 0 Å². The van der Waals surface area contributed by atoms with Gasteiger partial charge in [-0.2, -0.15) is 0 Å². The van der Waals surface area contributed by atoms with Gasteiger partial charge in [0.25, 0.3) is 0 Å². The summed E-state index contributed by atoms with van der Waals surface area (Å²) < 4.78 is 0.619. The standard InChI is InChI=1S/C13H12BrClN2/c1-8(2)11-7-12(17-13(14)16-11)9-3-5-10(15)6-4-9/h3-8H,1-2H3. The van der Waals surface area contributed by atoms with Crippen molar-refractivity contribution in [3.8, 4) is 11.3 Å². The Labute approximate surface area is 114 Å². The molecule has 0 saturated heterocycles. The molecule has 0 aliphatic heterocycles. The monoisotopic (exact) mass is 310 g/mol. The van der Waals surface area contributed by atoms with Gasteiger partial charge in [0.2, 0.25) is 0 Å². The van der Waals surface area contributed by atoms with E-state index in [2.05, 4.69) is 39.7 Å². The summed E-state index contributed by atoms with van der Waals surface area (Å²) in [6.45, 7) is 4.22. The van der Waals surface area contributed by atoms with Crippen LogP contribution in [0.4, 0.5) is 0 Å². The number of hydrogen-bond acceptors (Lipinski definition) is 2. The molecular weight excluding hydrogens is 300 g/mol. The summed E-state index contributed by atoms with van der Waals surface area (Å²) in [4.78, 5) is 8.73. The Bertz CT molecular complexity index is 523. The molecule has 0 amide bonds. The quantitative estimate of drug-likeness (QED) is 0.752. The topological polar surface area (TPSA) is 25.8 Å². The molecule has 0 spiro atoms. The zero-order valence-corrected chi connectivity index (χ0v) is 12.0. The average molecular weight is 312 g/mol. The summed E-state index contributed by atoms with van der Waals surface area (Å²) in [6.07, 6.45) is 0. The van der Waals surface area contributed by atoms with Crippen LogP contribution in [-0.2, 0) is 0 Å². The van der Waals surface area contributed by atoms with Crippen molar-refractivity contribution >= 4 is 27.5 Å². The van der Waals surface area contributed by atoms with Crippen LogP contribution in [0.5, 0.6) is 0 Å². The van der Waals surface area contributed by atoms with Crippen molar-refractivity contribution in [1.82, 2.24) is 9.97 Å². The fourth-order valence-electron chi connectivity index (χ4n) is 1.50. The Balaban J connectivity index is 2.48. The Hall–Kier alpha value is -0.930. The molecule has 2 rings (SSSR count). The van der Waals surface area contributed by atoms with E-state index in [1.54, 1.807) is 0 Å². The smallest absolute Gasteiger partial charge is 0.197 e. The third-order valence-electron chi connectivity index (χ3n) is 2.45. The summed E-state index contributed by atoms with van der Waals surface area (Å²) in [7, 11) is 0. The second kappa shape index (κ2) is 5.15. The van der Waals surface area contributed by atoms with Gasteiger partial charge in [-0.05, 0) is 40.0 Å². The average Bonchev–Trinajstić information content (AvgIpc) is 2.29. The maximum Gasteiger partial charge on any atom is 0.197 e. The first-order valence-electron chi connectivity index (χ1n) is 5.36. The van der Waals surface area contributed by atoms with Crippen molar-refractivity contribution in [3.63, 3.8) is 0 Å². The van der Waals surface area contributed by atoms with Gasteiger partial charge in [-0.3, -0.25) is 0 Å². The molecule has 0 aliphatic rings. The van der Waals surface area contributed by atoms with Gasteiger partial charge in [0.05, 0.1) is 5.69 Å². The molecule has 2 nitrogen and oxygen atoms in total. The normalized spacial score (nSPS) is 10.9. The van der Waals surface area contributed by atoms with E-state index in [-0.39, 0.29) is 0 Å². The molecule has 0 fully saturated rings. The van der Waals surface area contributed by atoms with Gasteiger partial charge < -0.3 is 0 Å². The van der Waals surface area contributed by atoms with E-state index in [0.717, 1.165) is 22.0 Å². The third kappa shape index (κ3) is 3.05. The lowest BCUT2D eigenvalue weighted by atomic mass is 10.1. The molecule has 0 radical (unpaired) electrons. The van der Waals surface area contributed by atoms with Crippen molar-refractivity contribution < 1.29 is 0 Å². The predicted molar refractivity (Wildman–Crippen MR) is 74.3 cm³/mol. The number of hydrogen-bond donors (Lipinski definition) is 0. The molecule has 17 heavy (non-hydrogen) atoms. The fourth-order valence-corrected chi connectivity index (χ4v) is 2.02. The van der Waals surface area contributed by atoms with Gasteiger partial charge in [-0.15, -0.1) is 0 Å². The van der Waals surface area contributed by atoms with E-state index >= 15 is 0 Å². The van der Waals surface area contributed by atoms with Crippen molar-refractivity contribution in [2.75, 3.05) is 0 Å².